The molecule has 0 bridgehead atoms. The summed E-state index contributed by atoms with van der Waals surface area (Å²) < 4.78 is 14.2. The molecule has 2 heterocycles. The van der Waals surface area contributed by atoms with E-state index in [0.717, 1.165) is 5.69 Å². The highest BCUT2D eigenvalue weighted by Crippen LogP contribution is 2.13. The predicted octanol–water partition coefficient (Wildman–Crippen LogP) is 2.27. The number of halogens is 1. The molecule has 0 saturated heterocycles. The number of pyridine rings is 1. The van der Waals surface area contributed by atoms with Crippen molar-refractivity contribution in [3.05, 3.63) is 62.4 Å². The number of nitrogens with one attached hydrogen (secondary N) is 2. The molecule has 3 aromatic rings. The average Bonchev–Trinajstić information content (AvgIpc) is 2.77. The minimum atomic E-state index is -0.451. The monoisotopic (exact) mass is 287 g/mol. The quantitative estimate of drug-likeness (QED) is 0.759. The van der Waals surface area contributed by atoms with Crippen LogP contribution in [0.4, 0.5) is 4.39 Å². The summed E-state index contributed by atoms with van der Waals surface area (Å²) in [5, 5.41) is 2.93. The molecule has 0 aliphatic rings. The van der Waals surface area contributed by atoms with Gasteiger partial charge in [0.15, 0.2) is 5.43 Å². The molecule has 0 saturated carbocycles. The standard InChI is InChI=1S/C15H14FN3O2/c1-8(2)11-7-12(20)13-14(17-11)18-19(15(13)21)10-5-3-9(16)4-6-10/h3-8H,1-2H3,(H2,17,18,20). The number of aromatic nitrogens is 3. The topological polar surface area (TPSA) is 70.7 Å². The Kier molecular flexibility index (Phi) is 3.01. The van der Waals surface area contributed by atoms with E-state index in [1.807, 2.05) is 13.8 Å². The van der Waals surface area contributed by atoms with Gasteiger partial charge >= 0.3 is 0 Å². The van der Waals surface area contributed by atoms with Gasteiger partial charge in [-0.15, -0.1) is 0 Å². The Hall–Kier alpha value is -2.63. The van der Waals surface area contributed by atoms with Crippen LogP contribution in [0, 0.1) is 5.82 Å². The third kappa shape index (κ3) is 2.18. The van der Waals surface area contributed by atoms with Gasteiger partial charge in [-0.3, -0.25) is 14.7 Å². The third-order valence-corrected chi connectivity index (χ3v) is 3.40. The number of aromatic amines is 2. The lowest BCUT2D eigenvalue weighted by atomic mass is 10.1. The van der Waals surface area contributed by atoms with E-state index in [4.69, 9.17) is 0 Å². The zero-order valence-electron chi connectivity index (χ0n) is 11.6. The van der Waals surface area contributed by atoms with Crippen LogP contribution >= 0.6 is 0 Å². The molecule has 108 valence electrons. The Morgan fingerprint density at radius 2 is 1.81 bits per heavy atom. The van der Waals surface area contributed by atoms with Crippen molar-refractivity contribution in [2.75, 3.05) is 0 Å². The van der Waals surface area contributed by atoms with Gasteiger partial charge in [0, 0.05) is 11.8 Å². The van der Waals surface area contributed by atoms with Crippen molar-refractivity contribution in [3.63, 3.8) is 0 Å². The van der Waals surface area contributed by atoms with Crippen LogP contribution < -0.4 is 11.0 Å². The Morgan fingerprint density at radius 3 is 2.43 bits per heavy atom. The molecule has 5 nitrogen and oxygen atoms in total. The number of H-pyrrole nitrogens is 2. The largest absolute Gasteiger partial charge is 0.343 e. The SMILES string of the molecule is CC(C)c1cc(=O)c2c(=O)n(-c3ccc(F)cc3)[nH]c2[nH]1. The van der Waals surface area contributed by atoms with Gasteiger partial charge in [-0.05, 0) is 30.2 Å². The molecule has 3 rings (SSSR count). The van der Waals surface area contributed by atoms with Gasteiger partial charge in [-0.1, -0.05) is 13.8 Å². The van der Waals surface area contributed by atoms with E-state index in [1.54, 1.807) is 0 Å². The Bertz CT molecular complexity index is 917. The minimum absolute atomic E-state index is 0.0729. The normalized spacial score (nSPS) is 11.4. The second kappa shape index (κ2) is 4.73. The van der Waals surface area contributed by atoms with Crippen molar-refractivity contribution in [1.82, 2.24) is 14.8 Å². The van der Waals surface area contributed by atoms with Gasteiger partial charge < -0.3 is 4.98 Å². The highest BCUT2D eigenvalue weighted by molar-refractivity contribution is 5.74. The molecule has 0 aliphatic heterocycles. The van der Waals surface area contributed by atoms with E-state index in [0.29, 0.717) is 11.3 Å². The molecule has 0 spiro atoms. The number of fused-ring (bicyclic) bond motifs is 1. The Balaban J connectivity index is 2.29. The van der Waals surface area contributed by atoms with E-state index >= 15 is 0 Å². The number of rotatable bonds is 2. The van der Waals surface area contributed by atoms with Crippen molar-refractivity contribution in [1.29, 1.82) is 0 Å². The highest BCUT2D eigenvalue weighted by Gasteiger charge is 2.14. The van der Waals surface area contributed by atoms with E-state index in [2.05, 4.69) is 10.1 Å². The van der Waals surface area contributed by atoms with Gasteiger partial charge in [0.05, 0.1) is 5.69 Å². The van der Waals surface area contributed by atoms with E-state index in [9.17, 15) is 14.0 Å². The predicted molar refractivity (Wildman–Crippen MR) is 78.6 cm³/mol. The number of hydrogen-bond acceptors (Lipinski definition) is 2. The van der Waals surface area contributed by atoms with Gasteiger partial charge in [-0.2, -0.15) is 0 Å². The molecule has 0 fully saturated rings. The molecule has 2 N–H and O–H groups in total. The lowest BCUT2D eigenvalue weighted by molar-refractivity contribution is 0.627. The zero-order chi connectivity index (χ0) is 15.1. The molecular formula is C15H14FN3O2. The lowest BCUT2D eigenvalue weighted by Gasteiger charge is -2.04. The van der Waals surface area contributed by atoms with Gasteiger partial charge in [-0.25, -0.2) is 9.07 Å². The first kappa shape index (κ1) is 13.4. The summed E-state index contributed by atoms with van der Waals surface area (Å²) in [7, 11) is 0. The molecule has 2 aromatic heterocycles. The van der Waals surface area contributed by atoms with Crippen LogP contribution in [0.1, 0.15) is 25.5 Å². The second-order valence-corrected chi connectivity index (χ2v) is 5.22. The first-order chi connectivity index (χ1) is 9.97. The van der Waals surface area contributed by atoms with Crippen LogP contribution in [-0.2, 0) is 0 Å². The maximum Gasteiger partial charge on any atom is 0.284 e. The first-order valence-corrected chi connectivity index (χ1v) is 6.61. The Labute approximate surface area is 119 Å². The number of nitrogens with zero attached hydrogens (tertiary/aromatic N) is 1. The minimum Gasteiger partial charge on any atom is -0.343 e. The van der Waals surface area contributed by atoms with E-state index in [1.165, 1.54) is 35.0 Å². The van der Waals surface area contributed by atoms with Gasteiger partial charge in [0.25, 0.3) is 5.56 Å². The maximum atomic E-state index is 13.0. The maximum absolute atomic E-state index is 13.0. The molecule has 0 amide bonds. The zero-order valence-corrected chi connectivity index (χ0v) is 11.6. The van der Waals surface area contributed by atoms with Crippen LogP contribution in [0.25, 0.3) is 16.7 Å². The lowest BCUT2D eigenvalue weighted by Crippen LogP contribution is -2.18. The summed E-state index contributed by atoms with van der Waals surface area (Å²) in [5.74, 6) is -0.249. The van der Waals surface area contributed by atoms with Crippen LogP contribution in [0.5, 0.6) is 0 Å². The van der Waals surface area contributed by atoms with Crippen molar-refractivity contribution in [2.24, 2.45) is 0 Å². The average molecular weight is 287 g/mol. The van der Waals surface area contributed by atoms with Crippen molar-refractivity contribution < 1.29 is 4.39 Å². The fraction of sp³-hybridized carbons (Fsp3) is 0.200. The molecule has 0 atom stereocenters. The van der Waals surface area contributed by atoms with Crippen molar-refractivity contribution in [3.8, 4) is 5.69 Å². The summed E-state index contributed by atoms with van der Waals surface area (Å²) in [5.41, 5.74) is 0.819. The molecule has 0 aliphatic carbocycles. The summed E-state index contributed by atoms with van der Waals surface area (Å²) in [4.78, 5) is 27.5. The van der Waals surface area contributed by atoms with Crippen LogP contribution in [-0.4, -0.2) is 14.8 Å². The van der Waals surface area contributed by atoms with Crippen LogP contribution in [0.2, 0.25) is 0 Å². The van der Waals surface area contributed by atoms with E-state index < -0.39 is 5.56 Å². The van der Waals surface area contributed by atoms with Crippen molar-refractivity contribution in [2.45, 2.75) is 19.8 Å². The molecular weight excluding hydrogens is 273 g/mol. The first-order valence-electron chi connectivity index (χ1n) is 6.61. The number of hydrogen-bond donors (Lipinski definition) is 2. The van der Waals surface area contributed by atoms with Gasteiger partial charge in [0.2, 0.25) is 0 Å². The molecule has 21 heavy (non-hydrogen) atoms. The fourth-order valence-electron chi connectivity index (χ4n) is 2.23. The van der Waals surface area contributed by atoms with Crippen LogP contribution in [0.3, 0.4) is 0 Å². The van der Waals surface area contributed by atoms with Crippen LogP contribution in [0.15, 0.2) is 39.9 Å². The van der Waals surface area contributed by atoms with Crippen molar-refractivity contribution >= 4 is 11.0 Å². The van der Waals surface area contributed by atoms with Gasteiger partial charge in [0.1, 0.15) is 16.9 Å². The summed E-state index contributed by atoms with van der Waals surface area (Å²) in [6.07, 6.45) is 0. The molecule has 0 radical (unpaired) electrons. The summed E-state index contributed by atoms with van der Waals surface area (Å²) >= 11 is 0. The molecule has 0 unspecified atom stereocenters. The third-order valence-electron chi connectivity index (χ3n) is 3.40. The molecule has 1 aromatic carbocycles. The second-order valence-electron chi connectivity index (χ2n) is 5.22. The smallest absolute Gasteiger partial charge is 0.284 e. The Morgan fingerprint density at radius 1 is 1.14 bits per heavy atom. The fourth-order valence-corrected chi connectivity index (χ4v) is 2.23. The summed E-state index contributed by atoms with van der Waals surface area (Å²) in [6.45, 7) is 3.90. The highest BCUT2D eigenvalue weighted by atomic mass is 19.1. The number of benzene rings is 1. The molecule has 6 heteroatoms. The van der Waals surface area contributed by atoms with E-state index in [-0.39, 0.29) is 22.6 Å². The summed E-state index contributed by atoms with van der Waals surface area (Å²) in [6, 6.07) is 6.90.